The summed E-state index contributed by atoms with van der Waals surface area (Å²) in [5.41, 5.74) is 2.35. The third kappa shape index (κ3) is 4.44. The number of carbonyl (C=O) groups is 2. The molecule has 0 unspecified atom stereocenters. The normalized spacial score (nSPS) is 17.0. The van der Waals surface area contributed by atoms with Crippen molar-refractivity contribution >= 4 is 23.2 Å². The van der Waals surface area contributed by atoms with Crippen molar-refractivity contribution in [2.24, 2.45) is 0 Å². The van der Waals surface area contributed by atoms with E-state index >= 15 is 0 Å². The van der Waals surface area contributed by atoms with E-state index in [1.54, 1.807) is 32.0 Å². The third-order valence-corrected chi connectivity index (χ3v) is 4.58. The summed E-state index contributed by atoms with van der Waals surface area (Å²) in [6.45, 7) is 9.81. The van der Waals surface area contributed by atoms with Gasteiger partial charge in [-0.3, -0.25) is 9.59 Å². The van der Waals surface area contributed by atoms with Crippen molar-refractivity contribution < 1.29 is 19.1 Å². The molecular weight excluding hydrogens is 356 g/mol. The number of rotatable bonds is 4. The van der Waals surface area contributed by atoms with Gasteiger partial charge in [-0.1, -0.05) is 32.9 Å². The number of hydrogen-bond donors (Lipinski definition) is 2. The SMILES string of the molecule is C[C@@H](Oc1ccc(C(C)(C)C)cc1)C(=O)Nc1ccc2c(c1)NC(=O)[C@@H](C)O2. The quantitative estimate of drug-likeness (QED) is 0.834. The summed E-state index contributed by atoms with van der Waals surface area (Å²) in [5, 5.41) is 5.57. The zero-order valence-electron chi connectivity index (χ0n) is 16.8. The van der Waals surface area contributed by atoms with Crippen LogP contribution in [-0.2, 0) is 15.0 Å². The summed E-state index contributed by atoms with van der Waals surface area (Å²) in [7, 11) is 0. The van der Waals surface area contributed by atoms with Gasteiger partial charge in [-0.05, 0) is 55.2 Å². The van der Waals surface area contributed by atoms with Gasteiger partial charge >= 0.3 is 0 Å². The zero-order valence-corrected chi connectivity index (χ0v) is 16.8. The van der Waals surface area contributed by atoms with Crippen molar-refractivity contribution in [3.63, 3.8) is 0 Å². The number of carbonyl (C=O) groups excluding carboxylic acids is 2. The van der Waals surface area contributed by atoms with E-state index in [9.17, 15) is 9.59 Å². The molecule has 0 fully saturated rings. The molecule has 0 radical (unpaired) electrons. The van der Waals surface area contributed by atoms with Crippen LogP contribution in [0.2, 0.25) is 0 Å². The van der Waals surface area contributed by atoms with Crippen LogP contribution < -0.4 is 20.1 Å². The van der Waals surface area contributed by atoms with E-state index < -0.39 is 12.2 Å². The molecule has 2 N–H and O–H groups in total. The van der Waals surface area contributed by atoms with E-state index in [-0.39, 0.29) is 17.2 Å². The lowest BCUT2D eigenvalue weighted by atomic mass is 9.87. The number of benzene rings is 2. The van der Waals surface area contributed by atoms with E-state index in [2.05, 4.69) is 31.4 Å². The minimum atomic E-state index is -0.678. The molecule has 6 heteroatoms. The molecule has 2 aromatic rings. The van der Waals surface area contributed by atoms with Crippen molar-refractivity contribution in [1.29, 1.82) is 0 Å². The van der Waals surface area contributed by atoms with Crippen LogP contribution in [0.1, 0.15) is 40.2 Å². The highest BCUT2D eigenvalue weighted by atomic mass is 16.5. The highest BCUT2D eigenvalue weighted by Gasteiger charge is 2.24. The lowest BCUT2D eigenvalue weighted by Gasteiger charge is -2.24. The number of anilines is 2. The first-order valence-electron chi connectivity index (χ1n) is 9.33. The van der Waals surface area contributed by atoms with Crippen LogP contribution in [0.25, 0.3) is 0 Å². The molecule has 0 bridgehead atoms. The molecule has 3 rings (SSSR count). The molecule has 1 heterocycles. The molecule has 28 heavy (non-hydrogen) atoms. The average molecular weight is 382 g/mol. The van der Waals surface area contributed by atoms with Crippen molar-refractivity contribution in [3.05, 3.63) is 48.0 Å². The zero-order chi connectivity index (χ0) is 20.5. The Morgan fingerprint density at radius 2 is 1.86 bits per heavy atom. The summed E-state index contributed by atoms with van der Waals surface area (Å²) < 4.78 is 11.3. The number of fused-ring (bicyclic) bond motifs is 1. The summed E-state index contributed by atoms with van der Waals surface area (Å²) >= 11 is 0. The van der Waals surface area contributed by atoms with Crippen LogP contribution in [0.15, 0.2) is 42.5 Å². The number of amides is 2. The molecule has 0 saturated heterocycles. The monoisotopic (exact) mass is 382 g/mol. The van der Waals surface area contributed by atoms with Gasteiger partial charge in [-0.25, -0.2) is 0 Å². The van der Waals surface area contributed by atoms with Crippen molar-refractivity contribution in [1.82, 2.24) is 0 Å². The maximum atomic E-state index is 12.5. The maximum absolute atomic E-state index is 12.5. The predicted octanol–water partition coefficient (Wildman–Crippen LogP) is 4.11. The molecule has 2 atom stereocenters. The molecule has 6 nitrogen and oxygen atoms in total. The molecule has 2 amide bonds. The lowest BCUT2D eigenvalue weighted by molar-refractivity contribution is -0.123. The standard InChI is InChI=1S/C22H26N2O4/c1-13(27-17-9-6-15(7-10-17)22(3,4)5)20(25)23-16-8-11-19-18(12-16)24-21(26)14(2)28-19/h6-14H,1-5H3,(H,23,25)(H,24,26)/t13-,14-/m1/s1. The average Bonchev–Trinajstić information content (AvgIpc) is 2.62. The Bertz CT molecular complexity index is 884. The van der Waals surface area contributed by atoms with Gasteiger partial charge in [0.25, 0.3) is 11.8 Å². The second-order valence-electron chi connectivity index (χ2n) is 7.98. The van der Waals surface area contributed by atoms with E-state index in [1.807, 2.05) is 24.3 Å². The van der Waals surface area contributed by atoms with Gasteiger partial charge in [0.05, 0.1) is 5.69 Å². The van der Waals surface area contributed by atoms with Crippen LogP contribution in [-0.4, -0.2) is 24.0 Å². The number of nitrogens with one attached hydrogen (secondary N) is 2. The van der Waals surface area contributed by atoms with Crippen LogP contribution in [0.4, 0.5) is 11.4 Å². The third-order valence-electron chi connectivity index (χ3n) is 4.58. The van der Waals surface area contributed by atoms with Gasteiger partial charge in [0.1, 0.15) is 11.5 Å². The van der Waals surface area contributed by atoms with E-state index in [4.69, 9.17) is 9.47 Å². The summed E-state index contributed by atoms with van der Waals surface area (Å²) in [5.74, 6) is 0.715. The Balaban J connectivity index is 1.63. The minimum absolute atomic E-state index is 0.0604. The Labute approximate surface area is 165 Å². The van der Waals surface area contributed by atoms with Gasteiger partial charge in [0, 0.05) is 5.69 Å². The fourth-order valence-corrected chi connectivity index (χ4v) is 2.82. The van der Waals surface area contributed by atoms with Crippen LogP contribution in [0.3, 0.4) is 0 Å². The molecule has 1 aliphatic rings. The van der Waals surface area contributed by atoms with Crippen LogP contribution in [0.5, 0.6) is 11.5 Å². The van der Waals surface area contributed by atoms with Gasteiger partial charge in [0.15, 0.2) is 12.2 Å². The Hall–Kier alpha value is -3.02. The second-order valence-corrected chi connectivity index (χ2v) is 7.98. The molecular formula is C22H26N2O4. The summed E-state index contributed by atoms with van der Waals surface area (Å²) in [6, 6.07) is 12.9. The minimum Gasteiger partial charge on any atom is -0.481 e. The topological polar surface area (TPSA) is 76.7 Å². The molecule has 0 saturated carbocycles. The largest absolute Gasteiger partial charge is 0.481 e. The first-order chi connectivity index (χ1) is 13.1. The van der Waals surface area contributed by atoms with Crippen LogP contribution in [0, 0.1) is 0 Å². The van der Waals surface area contributed by atoms with Gasteiger partial charge in [-0.15, -0.1) is 0 Å². The molecule has 1 aliphatic heterocycles. The van der Waals surface area contributed by atoms with Crippen molar-refractivity contribution in [3.8, 4) is 11.5 Å². The molecule has 0 spiro atoms. The number of hydrogen-bond acceptors (Lipinski definition) is 4. The van der Waals surface area contributed by atoms with E-state index in [1.165, 1.54) is 5.56 Å². The molecule has 0 aromatic heterocycles. The molecule has 0 aliphatic carbocycles. The Morgan fingerprint density at radius 1 is 1.18 bits per heavy atom. The van der Waals surface area contributed by atoms with Gasteiger partial charge in [0.2, 0.25) is 0 Å². The van der Waals surface area contributed by atoms with Crippen molar-refractivity contribution in [2.75, 3.05) is 10.6 Å². The maximum Gasteiger partial charge on any atom is 0.265 e. The highest BCUT2D eigenvalue weighted by molar-refractivity contribution is 5.99. The van der Waals surface area contributed by atoms with Gasteiger partial charge in [-0.2, -0.15) is 0 Å². The second kappa shape index (κ2) is 7.54. The first kappa shape index (κ1) is 19.7. The van der Waals surface area contributed by atoms with Gasteiger partial charge < -0.3 is 20.1 Å². The Kier molecular flexibility index (Phi) is 5.31. The number of ether oxygens (including phenoxy) is 2. The predicted molar refractivity (Wildman–Crippen MR) is 109 cm³/mol. The lowest BCUT2D eigenvalue weighted by Crippen LogP contribution is -2.34. The van der Waals surface area contributed by atoms with Crippen LogP contribution >= 0.6 is 0 Å². The smallest absolute Gasteiger partial charge is 0.265 e. The molecule has 148 valence electrons. The van der Waals surface area contributed by atoms with E-state index in [0.717, 1.165) is 0 Å². The fraction of sp³-hybridized carbons (Fsp3) is 0.364. The summed E-state index contributed by atoms with van der Waals surface area (Å²) in [6.07, 6.45) is -1.21. The van der Waals surface area contributed by atoms with Crippen molar-refractivity contribution in [2.45, 2.75) is 52.2 Å². The fourth-order valence-electron chi connectivity index (χ4n) is 2.82. The molecule has 2 aromatic carbocycles. The van der Waals surface area contributed by atoms with E-state index in [0.29, 0.717) is 22.9 Å². The Morgan fingerprint density at radius 3 is 2.50 bits per heavy atom. The summed E-state index contributed by atoms with van der Waals surface area (Å²) in [4.78, 5) is 24.2. The highest BCUT2D eigenvalue weighted by Crippen LogP contribution is 2.32. The first-order valence-corrected chi connectivity index (χ1v) is 9.33.